The summed E-state index contributed by atoms with van der Waals surface area (Å²) in [5.41, 5.74) is 5.55. The van der Waals surface area contributed by atoms with Crippen LogP contribution < -0.4 is 11.1 Å². The van der Waals surface area contributed by atoms with Crippen molar-refractivity contribution in [2.45, 2.75) is 4.90 Å². The number of carbonyl (C=O) groups is 2. The fourth-order valence-corrected chi connectivity index (χ4v) is 3.57. The second kappa shape index (κ2) is 6.39. The summed E-state index contributed by atoms with van der Waals surface area (Å²) in [5, 5.41) is 4.53. The number of hydrogen-bond acceptors (Lipinski definition) is 6. The zero-order valence-corrected chi connectivity index (χ0v) is 13.3. The van der Waals surface area contributed by atoms with Crippen LogP contribution in [0.15, 0.2) is 40.6 Å². The maximum atomic E-state index is 12.6. The third kappa shape index (κ3) is 3.41. The van der Waals surface area contributed by atoms with Crippen molar-refractivity contribution in [3.05, 3.63) is 46.8 Å². The van der Waals surface area contributed by atoms with Gasteiger partial charge in [0.05, 0.1) is 17.0 Å². The molecule has 0 aliphatic heterocycles. The summed E-state index contributed by atoms with van der Waals surface area (Å²) in [7, 11) is -3.53. The molecule has 0 aliphatic rings. The lowest BCUT2D eigenvalue weighted by Gasteiger charge is -2.08. The molecule has 0 fully saturated rings. The van der Waals surface area contributed by atoms with Gasteiger partial charge in [-0.3, -0.25) is 9.59 Å². The van der Waals surface area contributed by atoms with Crippen LogP contribution in [0.25, 0.3) is 0 Å². The van der Waals surface area contributed by atoms with Gasteiger partial charge in [-0.05, 0) is 23.6 Å². The molecule has 8 heteroatoms. The molecule has 0 saturated carbocycles. The van der Waals surface area contributed by atoms with E-state index in [-0.39, 0.29) is 22.6 Å². The molecule has 0 radical (unpaired) electrons. The van der Waals surface area contributed by atoms with E-state index < -0.39 is 21.5 Å². The van der Waals surface area contributed by atoms with E-state index in [1.807, 2.05) is 0 Å². The molecule has 3 N–H and O–H groups in total. The van der Waals surface area contributed by atoms with Crippen LogP contribution in [0.4, 0.5) is 5.00 Å². The number of nitrogens with one attached hydrogen (secondary N) is 1. The normalized spacial score (nSPS) is 11.2. The van der Waals surface area contributed by atoms with Crippen LogP contribution in [0, 0.1) is 0 Å². The van der Waals surface area contributed by atoms with Gasteiger partial charge in [0, 0.05) is 11.8 Å². The highest BCUT2D eigenvalue weighted by atomic mass is 32.2. The highest BCUT2D eigenvalue weighted by Crippen LogP contribution is 2.28. The molecular formula is C14H14N2O4S2. The minimum Gasteiger partial charge on any atom is -0.322 e. The molecule has 116 valence electrons. The Bertz CT molecular complexity index is 825. The zero-order valence-electron chi connectivity index (χ0n) is 11.7. The number of carbonyl (C=O) groups excluding carboxylic acids is 2. The molecule has 1 aromatic heterocycles. The number of rotatable bonds is 5. The van der Waals surface area contributed by atoms with E-state index in [2.05, 4.69) is 5.32 Å². The van der Waals surface area contributed by atoms with Crippen LogP contribution in [0.5, 0.6) is 0 Å². The number of hydrogen-bond donors (Lipinski definition) is 2. The van der Waals surface area contributed by atoms with Crippen LogP contribution in [-0.2, 0) is 14.6 Å². The number of nitrogens with two attached hydrogens (primary N) is 1. The summed E-state index contributed by atoms with van der Waals surface area (Å²) >= 11 is 1.17. The zero-order chi connectivity index (χ0) is 16.3. The van der Waals surface area contributed by atoms with Gasteiger partial charge in [-0.1, -0.05) is 12.1 Å². The van der Waals surface area contributed by atoms with Crippen molar-refractivity contribution in [3.8, 4) is 0 Å². The van der Waals surface area contributed by atoms with E-state index in [0.717, 1.165) is 6.26 Å². The van der Waals surface area contributed by atoms with Crippen molar-refractivity contribution in [2.24, 2.45) is 5.73 Å². The molecule has 0 saturated heterocycles. The Kier molecular flexibility index (Phi) is 4.74. The summed E-state index contributed by atoms with van der Waals surface area (Å²) < 4.78 is 23.6. The Morgan fingerprint density at radius 2 is 1.86 bits per heavy atom. The molecule has 1 aromatic carbocycles. The van der Waals surface area contributed by atoms with Crippen molar-refractivity contribution in [1.82, 2.24) is 0 Å². The van der Waals surface area contributed by atoms with E-state index in [9.17, 15) is 18.0 Å². The maximum Gasteiger partial charge on any atom is 0.238 e. The van der Waals surface area contributed by atoms with Gasteiger partial charge in [0.1, 0.15) is 5.00 Å². The van der Waals surface area contributed by atoms with Gasteiger partial charge in [0.25, 0.3) is 0 Å². The molecule has 0 atom stereocenters. The first-order valence-corrected chi connectivity index (χ1v) is 9.03. The molecule has 6 nitrogen and oxygen atoms in total. The van der Waals surface area contributed by atoms with Gasteiger partial charge in [0.2, 0.25) is 5.91 Å². The maximum absolute atomic E-state index is 12.6. The third-order valence-electron chi connectivity index (χ3n) is 2.88. The molecule has 0 aliphatic carbocycles. The summed E-state index contributed by atoms with van der Waals surface area (Å²) in [6, 6.07) is 7.51. The summed E-state index contributed by atoms with van der Waals surface area (Å²) in [4.78, 5) is 24.0. The molecule has 0 bridgehead atoms. The van der Waals surface area contributed by atoms with Crippen LogP contribution >= 0.6 is 11.3 Å². The number of sulfone groups is 1. The molecule has 0 unspecified atom stereocenters. The summed E-state index contributed by atoms with van der Waals surface area (Å²) in [5.74, 6) is -0.887. The van der Waals surface area contributed by atoms with E-state index in [1.165, 1.54) is 29.5 Å². The van der Waals surface area contributed by atoms with Crippen LogP contribution in [0.2, 0.25) is 0 Å². The monoisotopic (exact) mass is 338 g/mol. The highest BCUT2D eigenvalue weighted by Gasteiger charge is 2.22. The number of amides is 1. The Balaban J connectivity index is 2.47. The highest BCUT2D eigenvalue weighted by molar-refractivity contribution is 7.90. The van der Waals surface area contributed by atoms with Crippen molar-refractivity contribution < 1.29 is 18.0 Å². The van der Waals surface area contributed by atoms with E-state index in [0.29, 0.717) is 5.00 Å². The van der Waals surface area contributed by atoms with Crippen LogP contribution in [-0.4, -0.2) is 32.9 Å². The average molecular weight is 338 g/mol. The molecule has 1 heterocycles. The van der Waals surface area contributed by atoms with Crippen molar-refractivity contribution in [3.63, 3.8) is 0 Å². The summed E-state index contributed by atoms with van der Waals surface area (Å²) in [6.45, 7) is -0.203. The van der Waals surface area contributed by atoms with Gasteiger partial charge in [-0.2, -0.15) is 0 Å². The van der Waals surface area contributed by atoms with E-state index in [1.54, 1.807) is 17.5 Å². The molecular weight excluding hydrogens is 324 g/mol. The van der Waals surface area contributed by atoms with Gasteiger partial charge >= 0.3 is 0 Å². The smallest absolute Gasteiger partial charge is 0.238 e. The molecule has 2 aromatic rings. The molecule has 2 rings (SSSR count). The Morgan fingerprint density at radius 3 is 2.50 bits per heavy atom. The first-order chi connectivity index (χ1) is 10.3. The lowest BCUT2D eigenvalue weighted by molar-refractivity contribution is -0.114. The van der Waals surface area contributed by atoms with Crippen molar-refractivity contribution >= 4 is 37.9 Å². The average Bonchev–Trinajstić information content (AvgIpc) is 2.93. The lowest BCUT2D eigenvalue weighted by atomic mass is 10.1. The van der Waals surface area contributed by atoms with Crippen molar-refractivity contribution in [2.75, 3.05) is 18.1 Å². The SMILES string of the molecule is CS(=O)(=O)c1ccccc1C(=O)c1ccsc1NC(=O)CN. The Labute approximate surface area is 131 Å². The second-order valence-electron chi connectivity index (χ2n) is 4.51. The Hall–Kier alpha value is -2.03. The fraction of sp³-hybridized carbons (Fsp3) is 0.143. The number of anilines is 1. The predicted octanol–water partition coefficient (Wildman–Crippen LogP) is 1.28. The largest absolute Gasteiger partial charge is 0.322 e. The second-order valence-corrected chi connectivity index (χ2v) is 7.41. The number of thiophene rings is 1. The van der Waals surface area contributed by atoms with Gasteiger partial charge < -0.3 is 11.1 Å². The Morgan fingerprint density at radius 1 is 1.18 bits per heavy atom. The lowest BCUT2D eigenvalue weighted by Crippen LogP contribution is -2.22. The first kappa shape index (κ1) is 16.3. The molecule has 22 heavy (non-hydrogen) atoms. The topological polar surface area (TPSA) is 106 Å². The van der Waals surface area contributed by atoms with Gasteiger partial charge in [0.15, 0.2) is 15.6 Å². The van der Waals surface area contributed by atoms with E-state index >= 15 is 0 Å². The van der Waals surface area contributed by atoms with Crippen molar-refractivity contribution in [1.29, 1.82) is 0 Å². The summed E-state index contributed by atoms with van der Waals surface area (Å²) in [6.07, 6.45) is 1.05. The van der Waals surface area contributed by atoms with Gasteiger partial charge in [-0.15, -0.1) is 11.3 Å². The standard InChI is InChI=1S/C14H14N2O4S2/c1-22(19,20)11-5-3-2-4-9(11)13(18)10-6-7-21-14(10)16-12(17)8-15/h2-7H,8,15H2,1H3,(H,16,17). The van der Waals surface area contributed by atoms with Gasteiger partial charge in [-0.25, -0.2) is 8.42 Å². The first-order valence-electron chi connectivity index (χ1n) is 6.25. The predicted molar refractivity (Wildman–Crippen MR) is 85.0 cm³/mol. The quantitative estimate of drug-likeness (QED) is 0.799. The third-order valence-corrected chi connectivity index (χ3v) is 4.86. The molecule has 0 spiro atoms. The number of ketones is 1. The van der Waals surface area contributed by atoms with Crippen LogP contribution in [0.3, 0.4) is 0 Å². The molecule has 1 amide bonds. The van der Waals surface area contributed by atoms with E-state index in [4.69, 9.17) is 5.73 Å². The minimum absolute atomic E-state index is 0.0395. The van der Waals surface area contributed by atoms with Crippen LogP contribution in [0.1, 0.15) is 15.9 Å². The fourth-order valence-electron chi connectivity index (χ4n) is 1.89. The minimum atomic E-state index is -3.53. The number of benzene rings is 1.